The Morgan fingerprint density at radius 3 is 2.33 bits per heavy atom. The van der Waals surface area contributed by atoms with Crippen LogP contribution in [-0.2, 0) is 4.74 Å². The van der Waals surface area contributed by atoms with E-state index in [1.165, 1.54) is 0 Å². The van der Waals surface area contributed by atoms with E-state index in [2.05, 4.69) is 12.2 Å². The first-order valence-electron chi connectivity index (χ1n) is 8.68. The van der Waals surface area contributed by atoms with Gasteiger partial charge in [-0.05, 0) is 66.9 Å². The summed E-state index contributed by atoms with van der Waals surface area (Å²) in [4.78, 5) is 23.8. The van der Waals surface area contributed by atoms with Crippen LogP contribution in [0.4, 0.5) is 0 Å². The highest BCUT2D eigenvalue weighted by Crippen LogP contribution is 2.27. The van der Waals surface area contributed by atoms with Gasteiger partial charge in [0.15, 0.2) is 5.78 Å². The smallest absolute Gasteiger partial charge is 0.343 e. The van der Waals surface area contributed by atoms with E-state index >= 15 is 0 Å². The molecule has 0 N–H and O–H groups in total. The average molecular weight is 358 g/mol. The number of ketones is 1. The lowest BCUT2D eigenvalue weighted by Gasteiger charge is -2.16. The number of methoxy groups -OCH3 is 1. The molecule has 1 aliphatic rings. The molecule has 1 atom stereocenters. The predicted molar refractivity (Wildman–Crippen MR) is 104 cm³/mol. The van der Waals surface area contributed by atoms with Gasteiger partial charge >= 0.3 is 5.97 Å². The molecule has 0 saturated heterocycles. The molecular weight excluding hydrogens is 339 g/mol. The molecule has 4 nitrogen and oxygen atoms in total. The Labute approximate surface area is 159 Å². The van der Waals surface area contributed by atoms with E-state index in [0.717, 1.165) is 17.7 Å². The summed E-state index contributed by atoms with van der Waals surface area (Å²) in [5.74, 6) is 0.833. The highest BCUT2D eigenvalue weighted by atomic mass is 16.5. The van der Waals surface area contributed by atoms with Crippen LogP contribution in [0.5, 0.6) is 5.75 Å². The van der Waals surface area contributed by atoms with Crippen molar-refractivity contribution < 1.29 is 19.1 Å². The molecule has 0 bridgehead atoms. The minimum absolute atomic E-state index is 0.0523. The van der Waals surface area contributed by atoms with Crippen molar-refractivity contribution in [2.45, 2.75) is 18.7 Å². The maximum atomic E-state index is 12.3. The molecule has 27 heavy (non-hydrogen) atoms. The van der Waals surface area contributed by atoms with Crippen molar-refractivity contribution in [1.29, 1.82) is 0 Å². The van der Waals surface area contributed by atoms with Crippen molar-refractivity contribution in [2.24, 2.45) is 0 Å². The number of allylic oxidation sites excluding steroid dienone is 3. The third-order valence-electron chi connectivity index (χ3n) is 4.42. The lowest BCUT2D eigenvalue weighted by Crippen LogP contribution is -2.09. The van der Waals surface area contributed by atoms with Crippen LogP contribution in [0.3, 0.4) is 0 Å². The molecule has 3 rings (SSSR count). The average Bonchev–Trinajstić information content (AvgIpc) is 2.74. The van der Waals surface area contributed by atoms with E-state index in [0.29, 0.717) is 16.9 Å². The van der Waals surface area contributed by atoms with Gasteiger partial charge in [0.05, 0.1) is 20.5 Å². The Hall–Kier alpha value is -3.08. The minimum Gasteiger partial charge on any atom is -0.497 e. The summed E-state index contributed by atoms with van der Waals surface area (Å²) in [7, 11) is 6.98. The number of hydrogen-bond donors (Lipinski definition) is 0. The number of ether oxygens (including phenoxy) is 2. The molecule has 0 fully saturated rings. The molecule has 1 unspecified atom stereocenters. The molecule has 5 heteroatoms. The predicted octanol–water partition coefficient (Wildman–Crippen LogP) is 4.25. The van der Waals surface area contributed by atoms with Gasteiger partial charge in [0.1, 0.15) is 11.5 Å². The lowest BCUT2D eigenvalue weighted by molar-refractivity contribution is 0.0734. The molecule has 0 aromatic heterocycles. The van der Waals surface area contributed by atoms with Gasteiger partial charge < -0.3 is 9.47 Å². The Balaban J connectivity index is 1.66. The van der Waals surface area contributed by atoms with Gasteiger partial charge in [-0.25, -0.2) is 4.79 Å². The highest BCUT2D eigenvalue weighted by molar-refractivity contribution is 6.24. The first kappa shape index (κ1) is 18.7. The first-order chi connectivity index (χ1) is 13.1. The zero-order valence-corrected chi connectivity index (χ0v) is 15.1. The third kappa shape index (κ3) is 4.56. The van der Waals surface area contributed by atoms with E-state index in [9.17, 15) is 9.59 Å². The van der Waals surface area contributed by atoms with Crippen molar-refractivity contribution in [3.05, 3.63) is 89.2 Å². The molecule has 0 saturated carbocycles. The molecule has 0 amide bonds. The minimum atomic E-state index is -0.448. The van der Waals surface area contributed by atoms with Crippen molar-refractivity contribution >= 4 is 19.6 Å². The van der Waals surface area contributed by atoms with Crippen LogP contribution in [0, 0.1) is 0 Å². The van der Waals surface area contributed by atoms with Gasteiger partial charge in [-0.2, -0.15) is 0 Å². The Morgan fingerprint density at radius 1 is 1.04 bits per heavy atom. The van der Waals surface area contributed by atoms with Gasteiger partial charge in [-0.1, -0.05) is 18.2 Å². The Morgan fingerprint density at radius 2 is 1.70 bits per heavy atom. The highest BCUT2D eigenvalue weighted by Gasteiger charge is 2.14. The number of Topliss-reactive ketones (excluding diaryl/α,β-unsaturated/α-hetero) is 1. The number of rotatable bonds is 6. The van der Waals surface area contributed by atoms with Gasteiger partial charge in [0.25, 0.3) is 0 Å². The Bertz CT molecular complexity index is 880. The normalized spacial score (nSPS) is 15.7. The van der Waals surface area contributed by atoms with E-state index in [1.54, 1.807) is 43.5 Å². The monoisotopic (exact) mass is 358 g/mol. The second-order valence-corrected chi connectivity index (χ2v) is 6.18. The fraction of sp³-hybridized carbons (Fsp3) is 0.182. The molecule has 2 aromatic carbocycles. The van der Waals surface area contributed by atoms with Gasteiger partial charge in [0.2, 0.25) is 0 Å². The first-order valence-corrected chi connectivity index (χ1v) is 8.68. The molecule has 1 aliphatic carbocycles. The van der Waals surface area contributed by atoms with Crippen molar-refractivity contribution in [3.8, 4) is 5.75 Å². The molecule has 0 spiro atoms. The van der Waals surface area contributed by atoms with E-state index < -0.39 is 5.97 Å². The number of benzene rings is 2. The summed E-state index contributed by atoms with van der Waals surface area (Å²) >= 11 is 0. The molecule has 2 radical (unpaired) electrons. The van der Waals surface area contributed by atoms with Crippen LogP contribution in [0.25, 0.3) is 0 Å². The number of hydrogen-bond acceptors (Lipinski definition) is 4. The maximum Gasteiger partial charge on any atom is 0.343 e. The van der Waals surface area contributed by atoms with Gasteiger partial charge in [-0.15, -0.1) is 0 Å². The zero-order valence-electron chi connectivity index (χ0n) is 15.1. The fourth-order valence-corrected chi connectivity index (χ4v) is 2.88. The zero-order chi connectivity index (χ0) is 19.2. The summed E-state index contributed by atoms with van der Waals surface area (Å²) in [6.07, 6.45) is 6.94. The number of carbonyl (C=O) groups is 2. The molecule has 0 heterocycles. The van der Waals surface area contributed by atoms with Crippen molar-refractivity contribution in [3.63, 3.8) is 0 Å². The van der Waals surface area contributed by atoms with Crippen LogP contribution in [0.2, 0.25) is 6.32 Å². The number of carbonyl (C=O) groups excluding carboxylic acids is 2. The maximum absolute atomic E-state index is 12.3. The van der Waals surface area contributed by atoms with Gasteiger partial charge in [-0.3, -0.25) is 4.79 Å². The third-order valence-corrected chi connectivity index (χ3v) is 4.42. The lowest BCUT2D eigenvalue weighted by atomic mass is 9.91. The van der Waals surface area contributed by atoms with E-state index in [1.807, 2.05) is 18.2 Å². The molecule has 2 aromatic rings. The van der Waals surface area contributed by atoms with Crippen LogP contribution in [0.1, 0.15) is 38.6 Å². The largest absolute Gasteiger partial charge is 0.497 e. The summed E-state index contributed by atoms with van der Waals surface area (Å²) in [5.41, 5.74) is 2.06. The number of esters is 1. The van der Waals surface area contributed by atoms with E-state index in [-0.39, 0.29) is 18.0 Å². The van der Waals surface area contributed by atoms with Crippen molar-refractivity contribution in [1.82, 2.24) is 0 Å². The Kier molecular flexibility index (Phi) is 5.92. The standard InChI is InChI=1S/C22H19BO4/c1-26-20-4-2-3-18(13-20)15-5-7-17(8-6-15)22(25)27-19-11-9-16(10-12-19)21(24)14-23/h2,4-13,18H,3,14H2,1H3. The summed E-state index contributed by atoms with van der Waals surface area (Å²) in [6.45, 7) is 0. The van der Waals surface area contributed by atoms with E-state index in [4.69, 9.17) is 17.3 Å². The SMILES string of the molecule is [B]CC(=O)c1ccc(OC(=O)c2ccc(C3C=C(OC)C=CC3)cc2)cc1. The van der Waals surface area contributed by atoms with Crippen molar-refractivity contribution in [2.75, 3.05) is 7.11 Å². The summed E-state index contributed by atoms with van der Waals surface area (Å²) in [5, 5.41) is 0. The quantitative estimate of drug-likeness (QED) is 0.335. The topological polar surface area (TPSA) is 52.6 Å². The summed E-state index contributed by atoms with van der Waals surface area (Å²) < 4.78 is 10.6. The van der Waals surface area contributed by atoms with Crippen LogP contribution < -0.4 is 4.74 Å². The summed E-state index contributed by atoms with van der Waals surface area (Å²) in [6, 6.07) is 13.7. The van der Waals surface area contributed by atoms with Crippen LogP contribution in [-0.4, -0.2) is 26.7 Å². The van der Waals surface area contributed by atoms with Crippen LogP contribution >= 0.6 is 0 Å². The second kappa shape index (κ2) is 8.54. The van der Waals surface area contributed by atoms with Gasteiger partial charge in [0, 0.05) is 11.5 Å². The van der Waals surface area contributed by atoms with Crippen LogP contribution in [0.15, 0.2) is 72.5 Å². The molecule has 134 valence electrons. The molecular formula is C22H19BO4. The second-order valence-electron chi connectivity index (χ2n) is 6.18. The molecule has 0 aliphatic heterocycles. The fourth-order valence-electron chi connectivity index (χ4n) is 2.88.